The van der Waals surface area contributed by atoms with Crippen LogP contribution in [0.1, 0.15) is 37.4 Å². The van der Waals surface area contributed by atoms with Crippen LogP contribution in [0.15, 0.2) is 18.2 Å². The molecule has 0 radical (unpaired) electrons. The summed E-state index contributed by atoms with van der Waals surface area (Å²) in [6.07, 6.45) is -3.86. The van der Waals surface area contributed by atoms with E-state index in [9.17, 15) is 17.6 Å². The maximum absolute atomic E-state index is 13.5. The van der Waals surface area contributed by atoms with Crippen molar-refractivity contribution in [1.29, 1.82) is 0 Å². The topological polar surface area (TPSA) is 29.3 Å². The Kier molecular flexibility index (Phi) is 4.07. The second kappa shape index (κ2) is 5.33. The van der Waals surface area contributed by atoms with Crippen LogP contribution in [-0.4, -0.2) is 23.5 Å². The largest absolute Gasteiger partial charge is 0.416 e. The fraction of sp³-hybridized carbons (Fsp3) is 0.571. The van der Waals surface area contributed by atoms with Gasteiger partial charge in [-0.2, -0.15) is 13.2 Å². The van der Waals surface area contributed by atoms with Gasteiger partial charge in [-0.15, -0.1) is 0 Å². The first-order chi connectivity index (χ1) is 9.20. The SMILES string of the molecule is CC(C)N1CCC(N)C1c1cc(F)cc(C(F)(F)F)c1. The molecule has 2 atom stereocenters. The summed E-state index contributed by atoms with van der Waals surface area (Å²) in [7, 11) is 0. The first-order valence-electron chi connectivity index (χ1n) is 6.59. The second-order valence-electron chi connectivity index (χ2n) is 5.50. The molecule has 1 heterocycles. The standard InChI is InChI=1S/C14H18F4N2/c1-8(2)20-4-3-12(19)13(20)9-5-10(14(16,17)18)7-11(15)6-9/h5-8,12-13H,3-4,19H2,1-2H3. The van der Waals surface area contributed by atoms with Crippen LogP contribution in [0, 0.1) is 5.82 Å². The average molecular weight is 290 g/mol. The molecule has 0 aromatic heterocycles. The fourth-order valence-corrected chi connectivity index (χ4v) is 2.81. The summed E-state index contributed by atoms with van der Waals surface area (Å²) < 4.78 is 51.8. The molecule has 0 bridgehead atoms. The quantitative estimate of drug-likeness (QED) is 0.847. The van der Waals surface area contributed by atoms with E-state index in [0.29, 0.717) is 24.6 Å². The summed E-state index contributed by atoms with van der Waals surface area (Å²) >= 11 is 0. The van der Waals surface area contributed by atoms with Crippen LogP contribution >= 0.6 is 0 Å². The van der Waals surface area contributed by atoms with E-state index in [1.807, 2.05) is 18.7 Å². The number of hydrogen-bond donors (Lipinski definition) is 1. The molecule has 2 rings (SSSR count). The van der Waals surface area contributed by atoms with Gasteiger partial charge in [0.05, 0.1) is 11.6 Å². The molecular formula is C14H18F4N2. The molecule has 1 aliphatic rings. The van der Waals surface area contributed by atoms with Gasteiger partial charge in [-0.05, 0) is 44.0 Å². The molecule has 6 heteroatoms. The number of likely N-dealkylation sites (tertiary alicyclic amines) is 1. The van der Waals surface area contributed by atoms with Gasteiger partial charge < -0.3 is 5.73 Å². The second-order valence-corrected chi connectivity index (χ2v) is 5.50. The minimum absolute atomic E-state index is 0.145. The zero-order valence-electron chi connectivity index (χ0n) is 11.4. The summed E-state index contributed by atoms with van der Waals surface area (Å²) in [5, 5.41) is 0. The van der Waals surface area contributed by atoms with Gasteiger partial charge >= 0.3 is 6.18 Å². The molecule has 2 nitrogen and oxygen atoms in total. The van der Waals surface area contributed by atoms with Crippen LogP contribution in [0.5, 0.6) is 0 Å². The average Bonchev–Trinajstić information content (AvgIpc) is 2.69. The maximum Gasteiger partial charge on any atom is 0.416 e. The van der Waals surface area contributed by atoms with Gasteiger partial charge in [0.1, 0.15) is 5.82 Å². The van der Waals surface area contributed by atoms with Crippen LogP contribution in [0.4, 0.5) is 17.6 Å². The third-order valence-corrected chi connectivity index (χ3v) is 3.74. The molecular weight excluding hydrogens is 272 g/mol. The third-order valence-electron chi connectivity index (χ3n) is 3.74. The number of halogens is 4. The number of benzene rings is 1. The van der Waals surface area contributed by atoms with Crippen molar-refractivity contribution < 1.29 is 17.6 Å². The number of nitrogens with zero attached hydrogens (tertiary/aromatic N) is 1. The van der Waals surface area contributed by atoms with E-state index in [1.54, 1.807) is 0 Å². The van der Waals surface area contributed by atoms with Crippen molar-refractivity contribution in [3.8, 4) is 0 Å². The molecule has 1 aliphatic heterocycles. The Balaban J connectivity index is 2.43. The van der Waals surface area contributed by atoms with Crippen molar-refractivity contribution in [2.75, 3.05) is 6.54 Å². The lowest BCUT2D eigenvalue weighted by Crippen LogP contribution is -2.36. The molecule has 0 amide bonds. The van der Waals surface area contributed by atoms with Gasteiger partial charge in [0.2, 0.25) is 0 Å². The summed E-state index contributed by atoms with van der Waals surface area (Å²) in [5.74, 6) is -0.877. The Morgan fingerprint density at radius 1 is 1.25 bits per heavy atom. The highest BCUT2D eigenvalue weighted by atomic mass is 19.4. The number of alkyl halides is 3. The van der Waals surface area contributed by atoms with Gasteiger partial charge in [0.15, 0.2) is 0 Å². The molecule has 0 spiro atoms. The molecule has 1 saturated heterocycles. The molecule has 0 saturated carbocycles. The van der Waals surface area contributed by atoms with Crippen molar-refractivity contribution in [3.63, 3.8) is 0 Å². The van der Waals surface area contributed by atoms with Gasteiger partial charge in [0, 0.05) is 18.6 Å². The normalized spacial score (nSPS) is 24.6. The van der Waals surface area contributed by atoms with Crippen molar-refractivity contribution in [1.82, 2.24) is 4.90 Å². The smallest absolute Gasteiger partial charge is 0.326 e. The first kappa shape index (κ1) is 15.3. The number of hydrogen-bond acceptors (Lipinski definition) is 2. The lowest BCUT2D eigenvalue weighted by molar-refractivity contribution is -0.137. The Bertz CT molecular complexity index is 485. The van der Waals surface area contributed by atoms with E-state index >= 15 is 0 Å². The van der Waals surface area contributed by atoms with E-state index < -0.39 is 17.6 Å². The van der Waals surface area contributed by atoms with Gasteiger partial charge in [0.25, 0.3) is 0 Å². The Labute approximate surface area is 115 Å². The van der Waals surface area contributed by atoms with Crippen LogP contribution in [-0.2, 0) is 6.18 Å². The van der Waals surface area contributed by atoms with E-state index in [2.05, 4.69) is 0 Å². The minimum Gasteiger partial charge on any atom is -0.326 e. The molecule has 2 unspecified atom stereocenters. The molecule has 1 aromatic rings. The molecule has 0 aliphatic carbocycles. The van der Waals surface area contributed by atoms with E-state index in [4.69, 9.17) is 5.73 Å². The molecule has 2 N–H and O–H groups in total. The monoisotopic (exact) mass is 290 g/mol. The number of nitrogens with two attached hydrogens (primary N) is 1. The molecule has 20 heavy (non-hydrogen) atoms. The zero-order chi connectivity index (χ0) is 15.1. The minimum atomic E-state index is -4.55. The van der Waals surface area contributed by atoms with E-state index in [-0.39, 0.29) is 18.1 Å². The number of rotatable bonds is 2. The van der Waals surface area contributed by atoms with Crippen LogP contribution in [0.3, 0.4) is 0 Å². The zero-order valence-corrected chi connectivity index (χ0v) is 11.4. The molecule has 1 fully saturated rings. The highest BCUT2D eigenvalue weighted by Crippen LogP contribution is 2.37. The van der Waals surface area contributed by atoms with Crippen molar-refractivity contribution in [2.24, 2.45) is 5.73 Å². The summed E-state index contributed by atoms with van der Waals surface area (Å²) in [4.78, 5) is 2.01. The van der Waals surface area contributed by atoms with Crippen LogP contribution in [0.2, 0.25) is 0 Å². The molecule has 1 aromatic carbocycles. The Morgan fingerprint density at radius 3 is 2.45 bits per heavy atom. The van der Waals surface area contributed by atoms with Gasteiger partial charge in [-0.3, -0.25) is 4.90 Å². The van der Waals surface area contributed by atoms with Crippen LogP contribution < -0.4 is 5.73 Å². The highest BCUT2D eigenvalue weighted by Gasteiger charge is 2.37. The lowest BCUT2D eigenvalue weighted by atomic mass is 9.97. The van der Waals surface area contributed by atoms with Gasteiger partial charge in [-0.25, -0.2) is 4.39 Å². The summed E-state index contributed by atoms with van der Waals surface area (Å²) in [6, 6.07) is 2.18. The van der Waals surface area contributed by atoms with Gasteiger partial charge in [-0.1, -0.05) is 0 Å². The fourth-order valence-electron chi connectivity index (χ4n) is 2.81. The predicted molar refractivity (Wildman–Crippen MR) is 68.6 cm³/mol. The summed E-state index contributed by atoms with van der Waals surface area (Å²) in [5.41, 5.74) is 5.34. The summed E-state index contributed by atoms with van der Waals surface area (Å²) in [6.45, 7) is 4.62. The molecule has 112 valence electrons. The maximum atomic E-state index is 13.5. The Hall–Kier alpha value is -1.14. The van der Waals surface area contributed by atoms with Crippen LogP contribution in [0.25, 0.3) is 0 Å². The van der Waals surface area contributed by atoms with Crippen molar-refractivity contribution >= 4 is 0 Å². The predicted octanol–water partition coefficient (Wildman–Crippen LogP) is 3.33. The van der Waals surface area contributed by atoms with E-state index in [0.717, 1.165) is 12.1 Å². The van der Waals surface area contributed by atoms with Crippen molar-refractivity contribution in [2.45, 2.75) is 44.6 Å². The highest BCUT2D eigenvalue weighted by molar-refractivity contribution is 5.31. The lowest BCUT2D eigenvalue weighted by Gasteiger charge is -2.30. The third kappa shape index (κ3) is 2.96. The first-order valence-corrected chi connectivity index (χ1v) is 6.59. The van der Waals surface area contributed by atoms with E-state index in [1.165, 1.54) is 0 Å². The van der Waals surface area contributed by atoms with Crippen molar-refractivity contribution in [3.05, 3.63) is 35.1 Å². The Morgan fingerprint density at radius 2 is 1.90 bits per heavy atom.